The number of halogens is 1. The number of carbonyl (C=O) groups excluding carboxylic acids is 2. The molecular formula is C24H20FN3O5S2. The van der Waals surface area contributed by atoms with Gasteiger partial charge in [-0.2, -0.15) is 8.42 Å². The number of ether oxygens (including phenoxy) is 1. The van der Waals surface area contributed by atoms with Gasteiger partial charge in [-0.05, 0) is 48.5 Å². The zero-order valence-corrected chi connectivity index (χ0v) is 20.1. The summed E-state index contributed by atoms with van der Waals surface area (Å²) in [7, 11) is -2.73. The summed E-state index contributed by atoms with van der Waals surface area (Å²) in [4.78, 5) is 26.9. The van der Waals surface area contributed by atoms with Crippen molar-refractivity contribution < 1.29 is 27.1 Å². The van der Waals surface area contributed by atoms with Crippen LogP contribution in [-0.2, 0) is 19.6 Å². The number of amidine groups is 1. The van der Waals surface area contributed by atoms with Gasteiger partial charge in [0.15, 0.2) is 5.17 Å². The molecular weight excluding hydrogens is 493 g/mol. The number of sulfonamides is 1. The standard InChI is InChI=1S/C24H20FN3O5S2/c1-33-19-9-5-6-17(14-19)26-22(29)15-21-23(30)28(18-7-3-2-4-8-18)24(34-21)27-35(31,32)20-12-10-16(25)11-13-20/h2-14,21H,15H2,1H3,(H,26,29)/t21-/m1/s1. The lowest BCUT2D eigenvalue weighted by Crippen LogP contribution is -2.33. The van der Waals surface area contributed by atoms with Gasteiger partial charge in [-0.15, -0.1) is 4.40 Å². The molecule has 180 valence electrons. The van der Waals surface area contributed by atoms with Gasteiger partial charge in [-0.3, -0.25) is 14.5 Å². The van der Waals surface area contributed by atoms with Gasteiger partial charge in [0.2, 0.25) is 11.8 Å². The summed E-state index contributed by atoms with van der Waals surface area (Å²) >= 11 is 0.881. The second-order valence-corrected chi connectivity index (χ2v) is 10.2. The highest BCUT2D eigenvalue weighted by atomic mass is 32.2. The van der Waals surface area contributed by atoms with Crippen LogP contribution in [0.15, 0.2) is 88.2 Å². The second-order valence-electron chi connectivity index (χ2n) is 7.40. The maximum absolute atomic E-state index is 13.3. The van der Waals surface area contributed by atoms with Crippen molar-refractivity contribution >= 4 is 50.1 Å². The predicted octanol–water partition coefficient (Wildman–Crippen LogP) is 4.06. The number of methoxy groups -OCH3 is 1. The van der Waals surface area contributed by atoms with E-state index in [9.17, 15) is 22.4 Å². The third kappa shape index (κ3) is 5.69. The van der Waals surface area contributed by atoms with Crippen molar-refractivity contribution in [1.29, 1.82) is 0 Å². The van der Waals surface area contributed by atoms with Gasteiger partial charge in [0.05, 0.1) is 17.7 Å². The topological polar surface area (TPSA) is 105 Å². The Hall–Kier alpha value is -3.70. The van der Waals surface area contributed by atoms with Gasteiger partial charge in [0, 0.05) is 18.2 Å². The van der Waals surface area contributed by atoms with E-state index < -0.39 is 32.9 Å². The molecule has 0 saturated carbocycles. The van der Waals surface area contributed by atoms with Crippen LogP contribution in [-0.4, -0.2) is 37.8 Å². The van der Waals surface area contributed by atoms with Crippen LogP contribution in [0.25, 0.3) is 0 Å². The SMILES string of the molecule is COc1cccc(NC(=O)C[C@H]2SC(=NS(=O)(=O)c3ccc(F)cc3)N(c3ccccc3)C2=O)c1. The Bertz CT molecular complexity index is 1380. The van der Waals surface area contributed by atoms with E-state index in [0.29, 0.717) is 17.1 Å². The number of hydrogen-bond acceptors (Lipinski definition) is 6. The molecule has 0 radical (unpaired) electrons. The number of amides is 2. The fourth-order valence-electron chi connectivity index (χ4n) is 3.32. The maximum atomic E-state index is 13.3. The molecule has 1 heterocycles. The molecule has 2 amide bonds. The lowest BCUT2D eigenvalue weighted by Gasteiger charge is -2.16. The first-order valence-corrected chi connectivity index (χ1v) is 12.7. The van der Waals surface area contributed by atoms with Crippen molar-refractivity contribution in [2.75, 3.05) is 17.3 Å². The number of carbonyl (C=O) groups is 2. The average molecular weight is 514 g/mol. The number of para-hydroxylation sites is 1. The summed E-state index contributed by atoms with van der Waals surface area (Å²) in [6, 6.07) is 19.4. The Morgan fingerprint density at radius 1 is 1.09 bits per heavy atom. The minimum Gasteiger partial charge on any atom is -0.497 e. The number of hydrogen-bond donors (Lipinski definition) is 1. The van der Waals surface area contributed by atoms with E-state index >= 15 is 0 Å². The number of nitrogens with one attached hydrogen (secondary N) is 1. The van der Waals surface area contributed by atoms with Crippen molar-refractivity contribution in [1.82, 2.24) is 0 Å². The molecule has 35 heavy (non-hydrogen) atoms. The minimum atomic E-state index is -4.24. The quantitative estimate of drug-likeness (QED) is 0.511. The Labute approximate surface area is 205 Å². The highest BCUT2D eigenvalue weighted by Crippen LogP contribution is 2.35. The van der Waals surface area contributed by atoms with E-state index in [4.69, 9.17) is 4.74 Å². The fourth-order valence-corrected chi connectivity index (χ4v) is 5.65. The van der Waals surface area contributed by atoms with Gasteiger partial charge in [-0.25, -0.2) is 4.39 Å². The molecule has 1 aliphatic heterocycles. The van der Waals surface area contributed by atoms with Gasteiger partial charge in [-0.1, -0.05) is 36.0 Å². The van der Waals surface area contributed by atoms with Gasteiger partial charge < -0.3 is 10.1 Å². The number of nitrogens with zero attached hydrogens (tertiary/aromatic N) is 2. The van der Waals surface area contributed by atoms with E-state index in [1.54, 1.807) is 54.6 Å². The summed E-state index contributed by atoms with van der Waals surface area (Å²) in [6.07, 6.45) is -0.209. The number of anilines is 2. The second kappa shape index (κ2) is 10.3. The lowest BCUT2D eigenvalue weighted by atomic mass is 10.2. The zero-order chi connectivity index (χ0) is 25.0. The maximum Gasteiger partial charge on any atom is 0.284 e. The molecule has 1 N–H and O–H groups in total. The normalized spacial score (nSPS) is 17.0. The van der Waals surface area contributed by atoms with Gasteiger partial charge in [0.25, 0.3) is 10.0 Å². The fraction of sp³-hybridized carbons (Fsp3) is 0.125. The molecule has 8 nitrogen and oxygen atoms in total. The Balaban J connectivity index is 1.61. The van der Waals surface area contributed by atoms with Crippen molar-refractivity contribution in [3.63, 3.8) is 0 Å². The number of benzene rings is 3. The Morgan fingerprint density at radius 2 is 1.80 bits per heavy atom. The Morgan fingerprint density at radius 3 is 2.49 bits per heavy atom. The average Bonchev–Trinajstić information content (AvgIpc) is 3.13. The minimum absolute atomic E-state index is 0.0929. The van der Waals surface area contributed by atoms with Crippen LogP contribution in [0.3, 0.4) is 0 Å². The summed E-state index contributed by atoms with van der Waals surface area (Å²) < 4.78 is 48.0. The molecule has 3 aromatic rings. The van der Waals surface area contributed by atoms with E-state index in [0.717, 1.165) is 36.0 Å². The molecule has 11 heteroatoms. The summed E-state index contributed by atoms with van der Waals surface area (Å²) in [5, 5.41) is 1.72. The van der Waals surface area contributed by atoms with Gasteiger partial charge in [0.1, 0.15) is 16.8 Å². The predicted molar refractivity (Wildman–Crippen MR) is 133 cm³/mol. The zero-order valence-electron chi connectivity index (χ0n) is 18.4. The summed E-state index contributed by atoms with van der Waals surface area (Å²) in [6.45, 7) is 0. The Kier molecular flexibility index (Phi) is 7.17. The molecule has 3 aromatic carbocycles. The molecule has 0 bridgehead atoms. The van der Waals surface area contributed by atoms with E-state index in [2.05, 4.69) is 9.71 Å². The third-order valence-corrected chi connectivity index (χ3v) is 7.52. The molecule has 0 unspecified atom stereocenters. The third-order valence-electron chi connectivity index (χ3n) is 4.98. The number of rotatable bonds is 7. The van der Waals surface area contributed by atoms with Crippen LogP contribution in [0.2, 0.25) is 0 Å². The molecule has 0 aliphatic carbocycles. The van der Waals surface area contributed by atoms with Crippen molar-refractivity contribution in [3.05, 3.63) is 84.7 Å². The number of thioether (sulfide) groups is 1. The van der Waals surface area contributed by atoms with Crippen molar-refractivity contribution in [2.45, 2.75) is 16.6 Å². The first kappa shape index (κ1) is 24.4. The van der Waals surface area contributed by atoms with Gasteiger partial charge >= 0.3 is 0 Å². The summed E-state index contributed by atoms with van der Waals surface area (Å²) in [5.74, 6) is -0.936. The highest BCUT2D eigenvalue weighted by Gasteiger charge is 2.41. The first-order valence-electron chi connectivity index (χ1n) is 10.4. The van der Waals surface area contributed by atoms with Crippen molar-refractivity contribution in [3.8, 4) is 5.75 Å². The van der Waals surface area contributed by atoms with Crippen LogP contribution in [0.5, 0.6) is 5.75 Å². The van der Waals surface area contributed by atoms with Crippen molar-refractivity contribution in [2.24, 2.45) is 4.40 Å². The molecule has 4 rings (SSSR count). The van der Waals surface area contributed by atoms with Crippen LogP contribution < -0.4 is 15.0 Å². The highest BCUT2D eigenvalue weighted by molar-refractivity contribution is 8.16. The lowest BCUT2D eigenvalue weighted by molar-refractivity contribution is -0.121. The van der Waals surface area contributed by atoms with E-state index in [-0.39, 0.29) is 16.5 Å². The molecule has 0 aromatic heterocycles. The molecule has 1 fully saturated rings. The van der Waals surface area contributed by atoms with E-state index in [1.165, 1.54) is 12.0 Å². The van der Waals surface area contributed by atoms with Crippen LogP contribution in [0.1, 0.15) is 6.42 Å². The molecule has 1 atom stereocenters. The molecule has 0 spiro atoms. The molecule has 1 saturated heterocycles. The molecule has 1 aliphatic rings. The van der Waals surface area contributed by atoms with Crippen LogP contribution in [0.4, 0.5) is 15.8 Å². The summed E-state index contributed by atoms with van der Waals surface area (Å²) in [5.41, 5.74) is 0.909. The monoisotopic (exact) mass is 513 g/mol. The first-order chi connectivity index (χ1) is 16.8. The smallest absolute Gasteiger partial charge is 0.284 e. The van der Waals surface area contributed by atoms with Crippen LogP contribution in [0, 0.1) is 5.82 Å². The largest absolute Gasteiger partial charge is 0.497 e. The van der Waals surface area contributed by atoms with E-state index in [1.807, 2.05) is 0 Å². The van der Waals surface area contributed by atoms with Crippen LogP contribution >= 0.6 is 11.8 Å².